The maximum absolute atomic E-state index is 12.5. The van der Waals surface area contributed by atoms with Crippen molar-refractivity contribution >= 4 is 23.4 Å². The number of hydrogen-bond donors (Lipinski definition) is 2. The highest BCUT2D eigenvalue weighted by atomic mass is 16.5. The van der Waals surface area contributed by atoms with E-state index in [2.05, 4.69) is 15.6 Å². The quantitative estimate of drug-likeness (QED) is 0.889. The molecule has 0 aliphatic carbocycles. The number of hydrogen-bond acceptors (Lipinski definition) is 4. The molecule has 3 heterocycles. The van der Waals surface area contributed by atoms with Crippen LogP contribution in [0.15, 0.2) is 42.6 Å². The molecule has 1 aromatic heterocycles. The van der Waals surface area contributed by atoms with Crippen LogP contribution in [0.1, 0.15) is 28.6 Å². The predicted octanol–water partition coefficient (Wildman–Crippen LogP) is 2.60. The Labute approximate surface area is 138 Å². The van der Waals surface area contributed by atoms with E-state index in [0.717, 1.165) is 12.0 Å². The lowest BCUT2D eigenvalue weighted by Crippen LogP contribution is -2.35. The van der Waals surface area contributed by atoms with Crippen LogP contribution < -0.4 is 10.6 Å². The van der Waals surface area contributed by atoms with Crippen LogP contribution in [0.2, 0.25) is 0 Å². The summed E-state index contributed by atoms with van der Waals surface area (Å²) in [5.41, 5.74) is 1.87. The Hall–Kier alpha value is -2.93. The minimum absolute atomic E-state index is 0.0523. The lowest BCUT2D eigenvalue weighted by molar-refractivity contribution is -0.0713. The van der Waals surface area contributed by atoms with Crippen molar-refractivity contribution in [1.82, 2.24) is 9.88 Å². The number of ether oxygens (including phenoxy) is 1. The molecule has 7 heteroatoms. The molecule has 2 aliphatic rings. The van der Waals surface area contributed by atoms with Crippen molar-refractivity contribution < 1.29 is 14.3 Å². The molecule has 1 saturated heterocycles. The molecule has 1 fully saturated rings. The first kappa shape index (κ1) is 14.6. The van der Waals surface area contributed by atoms with E-state index in [4.69, 9.17) is 4.74 Å². The van der Waals surface area contributed by atoms with Crippen molar-refractivity contribution in [2.45, 2.75) is 12.6 Å². The van der Waals surface area contributed by atoms with Crippen molar-refractivity contribution in [3.63, 3.8) is 0 Å². The first-order valence-electron chi connectivity index (χ1n) is 7.78. The summed E-state index contributed by atoms with van der Waals surface area (Å²) in [6.07, 6.45) is 1.99. The van der Waals surface area contributed by atoms with Crippen molar-refractivity contribution in [2.75, 3.05) is 23.8 Å². The van der Waals surface area contributed by atoms with Gasteiger partial charge in [-0.1, -0.05) is 12.1 Å². The number of anilines is 2. The van der Waals surface area contributed by atoms with Gasteiger partial charge in [0.2, 0.25) is 0 Å². The number of amides is 3. The monoisotopic (exact) mass is 324 g/mol. The Morgan fingerprint density at radius 3 is 2.96 bits per heavy atom. The molecule has 1 unspecified atom stereocenters. The van der Waals surface area contributed by atoms with E-state index < -0.39 is 12.3 Å². The van der Waals surface area contributed by atoms with Gasteiger partial charge in [0, 0.05) is 23.9 Å². The molecule has 4 rings (SSSR count). The standard InChI is InChI=1S/C17H16N4O3/c22-15-11-5-3-6-12(14(11)16-21(15)9-4-10-24-16)19-17(23)20-13-7-1-2-8-18-13/h1-3,5-8,16H,4,9-10H2,(H2,18,19,20,23). The number of fused-ring (bicyclic) bond motifs is 3. The normalized spacial score (nSPS) is 18.8. The Morgan fingerprint density at radius 2 is 2.12 bits per heavy atom. The van der Waals surface area contributed by atoms with Crippen LogP contribution in [0.5, 0.6) is 0 Å². The number of rotatable bonds is 2. The van der Waals surface area contributed by atoms with E-state index >= 15 is 0 Å². The fourth-order valence-corrected chi connectivity index (χ4v) is 3.07. The predicted molar refractivity (Wildman–Crippen MR) is 87.7 cm³/mol. The summed E-state index contributed by atoms with van der Waals surface area (Å²) in [4.78, 5) is 30.4. The smallest absolute Gasteiger partial charge is 0.324 e. The topological polar surface area (TPSA) is 83.6 Å². The summed E-state index contributed by atoms with van der Waals surface area (Å²) in [6.45, 7) is 1.26. The van der Waals surface area contributed by atoms with E-state index in [-0.39, 0.29) is 5.91 Å². The van der Waals surface area contributed by atoms with Gasteiger partial charge in [0.1, 0.15) is 5.82 Å². The molecule has 0 radical (unpaired) electrons. The minimum atomic E-state index is -0.424. The van der Waals surface area contributed by atoms with Crippen LogP contribution in [0.4, 0.5) is 16.3 Å². The second-order valence-corrected chi connectivity index (χ2v) is 5.64. The summed E-state index contributed by atoms with van der Waals surface area (Å²) in [6, 6.07) is 10.1. The number of nitrogens with zero attached hydrogens (tertiary/aromatic N) is 2. The third-order valence-corrected chi connectivity index (χ3v) is 4.10. The van der Waals surface area contributed by atoms with Gasteiger partial charge in [-0.05, 0) is 30.7 Å². The minimum Gasteiger partial charge on any atom is -0.354 e. The summed E-state index contributed by atoms with van der Waals surface area (Å²) >= 11 is 0. The van der Waals surface area contributed by atoms with E-state index in [1.165, 1.54) is 0 Å². The molecule has 2 aliphatic heterocycles. The Balaban J connectivity index is 1.59. The Kier molecular flexibility index (Phi) is 3.62. The van der Waals surface area contributed by atoms with Crippen LogP contribution in [0.3, 0.4) is 0 Å². The Bertz CT molecular complexity index is 794. The van der Waals surface area contributed by atoms with Gasteiger partial charge in [-0.25, -0.2) is 9.78 Å². The number of aromatic nitrogens is 1. The van der Waals surface area contributed by atoms with Gasteiger partial charge in [-0.2, -0.15) is 0 Å². The van der Waals surface area contributed by atoms with Crippen molar-refractivity contribution in [1.29, 1.82) is 0 Å². The van der Waals surface area contributed by atoms with Gasteiger partial charge >= 0.3 is 6.03 Å². The zero-order valence-electron chi connectivity index (χ0n) is 12.9. The van der Waals surface area contributed by atoms with Crippen molar-refractivity contribution in [3.8, 4) is 0 Å². The highest BCUT2D eigenvalue weighted by Crippen LogP contribution is 2.40. The number of nitrogens with one attached hydrogen (secondary N) is 2. The molecule has 1 atom stereocenters. The fraction of sp³-hybridized carbons (Fsp3) is 0.235. The lowest BCUT2D eigenvalue weighted by Gasteiger charge is -2.30. The van der Waals surface area contributed by atoms with E-state index in [9.17, 15) is 9.59 Å². The number of carbonyl (C=O) groups excluding carboxylic acids is 2. The zero-order chi connectivity index (χ0) is 16.5. The maximum atomic E-state index is 12.5. The van der Waals surface area contributed by atoms with Crippen molar-refractivity contribution in [2.24, 2.45) is 0 Å². The summed E-state index contributed by atoms with van der Waals surface area (Å²) in [7, 11) is 0. The molecular weight excluding hydrogens is 308 g/mol. The highest BCUT2D eigenvalue weighted by molar-refractivity contribution is 6.04. The zero-order valence-corrected chi connectivity index (χ0v) is 12.9. The molecule has 0 saturated carbocycles. The molecule has 2 N–H and O–H groups in total. The van der Waals surface area contributed by atoms with E-state index in [1.807, 2.05) is 0 Å². The van der Waals surface area contributed by atoms with Gasteiger partial charge in [0.05, 0.1) is 12.3 Å². The Morgan fingerprint density at radius 1 is 1.21 bits per heavy atom. The molecule has 7 nitrogen and oxygen atoms in total. The molecule has 2 aromatic rings. The lowest BCUT2D eigenvalue weighted by atomic mass is 10.1. The number of pyridine rings is 1. The second kappa shape index (κ2) is 5.93. The average molecular weight is 324 g/mol. The molecular formula is C17H16N4O3. The van der Waals surface area contributed by atoms with Gasteiger partial charge in [-0.15, -0.1) is 0 Å². The first-order chi connectivity index (χ1) is 11.7. The summed E-state index contributed by atoms with van der Waals surface area (Å²) < 4.78 is 5.76. The van der Waals surface area contributed by atoms with E-state index in [1.54, 1.807) is 47.5 Å². The number of urea groups is 1. The van der Waals surface area contributed by atoms with E-state index in [0.29, 0.717) is 30.2 Å². The fourth-order valence-electron chi connectivity index (χ4n) is 3.07. The molecule has 0 bridgehead atoms. The molecule has 3 amide bonds. The van der Waals surface area contributed by atoms with Crippen LogP contribution >= 0.6 is 0 Å². The van der Waals surface area contributed by atoms with Crippen LogP contribution in [-0.2, 0) is 4.74 Å². The van der Waals surface area contributed by atoms with Crippen LogP contribution in [-0.4, -0.2) is 35.0 Å². The highest BCUT2D eigenvalue weighted by Gasteiger charge is 2.40. The third-order valence-electron chi connectivity index (χ3n) is 4.10. The van der Waals surface area contributed by atoms with Crippen LogP contribution in [0, 0.1) is 0 Å². The van der Waals surface area contributed by atoms with Gasteiger partial charge in [0.25, 0.3) is 5.91 Å². The summed E-state index contributed by atoms with van der Waals surface area (Å²) in [5, 5.41) is 5.46. The average Bonchev–Trinajstić information content (AvgIpc) is 2.90. The first-order valence-corrected chi connectivity index (χ1v) is 7.78. The summed E-state index contributed by atoms with van der Waals surface area (Å²) in [5.74, 6) is 0.401. The molecule has 24 heavy (non-hydrogen) atoms. The van der Waals surface area contributed by atoms with Crippen LogP contribution in [0.25, 0.3) is 0 Å². The SMILES string of the molecule is O=C(Nc1ccccn1)Nc1cccc2c1C1OCCCN1C2=O. The van der Waals surface area contributed by atoms with Gasteiger partial charge in [0.15, 0.2) is 6.23 Å². The molecule has 0 spiro atoms. The molecule has 122 valence electrons. The maximum Gasteiger partial charge on any atom is 0.324 e. The van der Waals surface area contributed by atoms with Crippen molar-refractivity contribution in [3.05, 3.63) is 53.7 Å². The number of benzene rings is 1. The third kappa shape index (κ3) is 2.48. The van der Waals surface area contributed by atoms with Gasteiger partial charge < -0.3 is 15.0 Å². The largest absolute Gasteiger partial charge is 0.354 e. The molecule has 1 aromatic carbocycles. The second-order valence-electron chi connectivity index (χ2n) is 5.64. The van der Waals surface area contributed by atoms with Gasteiger partial charge in [-0.3, -0.25) is 10.1 Å². The number of carbonyl (C=O) groups is 2.